The van der Waals surface area contributed by atoms with Gasteiger partial charge in [-0.3, -0.25) is 14.0 Å². The molecule has 2 saturated carbocycles. The van der Waals surface area contributed by atoms with Crippen molar-refractivity contribution in [3.8, 4) is 5.75 Å². The molecule has 2 aromatic rings. The number of fused-ring (bicyclic) bond motifs is 1. The predicted octanol–water partition coefficient (Wildman–Crippen LogP) is 2.46. The number of ether oxygens (including phenoxy) is 1. The maximum atomic E-state index is 13.2. The molecular weight excluding hydrogens is 420 g/mol. The number of piperazine rings is 1. The summed E-state index contributed by atoms with van der Waals surface area (Å²) in [7, 11) is 1.58. The maximum absolute atomic E-state index is 13.2. The second kappa shape index (κ2) is 7.98. The largest absolute Gasteiger partial charge is 0.493 e. The lowest BCUT2D eigenvalue weighted by molar-refractivity contribution is -0.138. The highest BCUT2D eigenvalue weighted by Gasteiger charge is 2.35. The molecule has 9 heteroatoms. The molecular formula is C22H27ClN4O4. The number of hydrogen-bond acceptors (Lipinski definition) is 5. The van der Waals surface area contributed by atoms with Crippen LogP contribution in [-0.4, -0.2) is 75.0 Å². The number of imidazole rings is 1. The van der Waals surface area contributed by atoms with Gasteiger partial charge in [-0.05, 0) is 56.1 Å². The molecule has 0 bridgehead atoms. The monoisotopic (exact) mass is 446 g/mol. The number of carbonyl (C=O) groups excluding carboxylic acids is 2. The van der Waals surface area contributed by atoms with Gasteiger partial charge < -0.3 is 19.6 Å². The van der Waals surface area contributed by atoms with Gasteiger partial charge in [-0.25, -0.2) is 4.98 Å². The van der Waals surface area contributed by atoms with E-state index in [9.17, 15) is 14.7 Å². The lowest BCUT2D eigenvalue weighted by Crippen LogP contribution is -2.56. The van der Waals surface area contributed by atoms with Crippen molar-refractivity contribution in [2.75, 3.05) is 26.7 Å². The van der Waals surface area contributed by atoms with Crippen molar-refractivity contribution in [2.24, 2.45) is 0 Å². The van der Waals surface area contributed by atoms with Gasteiger partial charge in [0.05, 0.1) is 13.2 Å². The van der Waals surface area contributed by atoms with Crippen molar-refractivity contribution in [3.63, 3.8) is 0 Å². The number of methoxy groups -OCH3 is 1. The van der Waals surface area contributed by atoms with Crippen LogP contribution in [0.4, 0.5) is 0 Å². The molecule has 2 aliphatic carbocycles. The SMILES string of the molecule is COc1cc(C2CC2)cn2c(Cl)c(C(=O)N3CCN(C4CCC(O)CC4)C(=O)C3)nc12. The Hall–Kier alpha value is -2.32. The van der Waals surface area contributed by atoms with Crippen molar-refractivity contribution >= 4 is 29.1 Å². The molecule has 0 atom stereocenters. The highest BCUT2D eigenvalue weighted by molar-refractivity contribution is 6.33. The van der Waals surface area contributed by atoms with Crippen LogP contribution in [0.1, 0.15) is 60.5 Å². The quantitative estimate of drug-likeness (QED) is 0.779. The summed E-state index contributed by atoms with van der Waals surface area (Å²) in [6.45, 7) is 0.955. The number of halogens is 1. The fourth-order valence-corrected chi connectivity index (χ4v) is 5.05. The summed E-state index contributed by atoms with van der Waals surface area (Å²) in [5, 5.41) is 9.97. The Balaban J connectivity index is 1.36. The number of aromatic nitrogens is 2. The molecule has 1 N–H and O–H groups in total. The molecule has 3 aliphatic rings. The van der Waals surface area contributed by atoms with E-state index in [4.69, 9.17) is 16.3 Å². The minimum absolute atomic E-state index is 0.0204. The van der Waals surface area contributed by atoms with Crippen molar-refractivity contribution in [1.82, 2.24) is 19.2 Å². The zero-order valence-corrected chi connectivity index (χ0v) is 18.3. The van der Waals surface area contributed by atoms with Gasteiger partial charge in [0.1, 0.15) is 11.7 Å². The fourth-order valence-electron chi connectivity index (χ4n) is 4.80. The van der Waals surface area contributed by atoms with Crippen LogP contribution >= 0.6 is 11.6 Å². The van der Waals surface area contributed by atoms with Crippen LogP contribution in [0.15, 0.2) is 12.3 Å². The topological polar surface area (TPSA) is 87.4 Å². The Morgan fingerprint density at radius 1 is 1.19 bits per heavy atom. The van der Waals surface area contributed by atoms with Crippen LogP contribution < -0.4 is 4.74 Å². The second-order valence-corrected chi connectivity index (χ2v) is 9.20. The molecule has 0 radical (unpaired) electrons. The molecule has 0 unspecified atom stereocenters. The summed E-state index contributed by atoms with van der Waals surface area (Å²) in [5.41, 5.74) is 1.78. The van der Waals surface area contributed by atoms with Gasteiger partial charge in [0, 0.05) is 25.3 Å². The fraction of sp³-hybridized carbons (Fsp3) is 0.591. The van der Waals surface area contributed by atoms with E-state index in [-0.39, 0.29) is 41.4 Å². The molecule has 8 nitrogen and oxygen atoms in total. The lowest BCUT2D eigenvalue weighted by atomic mass is 9.91. The van der Waals surface area contributed by atoms with Gasteiger partial charge in [-0.2, -0.15) is 0 Å². The van der Waals surface area contributed by atoms with E-state index in [1.807, 2.05) is 17.2 Å². The maximum Gasteiger partial charge on any atom is 0.276 e. The summed E-state index contributed by atoms with van der Waals surface area (Å²) < 4.78 is 7.21. The normalized spacial score (nSPS) is 24.7. The molecule has 0 spiro atoms. The number of hydrogen-bond donors (Lipinski definition) is 1. The molecule has 2 amide bonds. The molecule has 3 fully saturated rings. The van der Waals surface area contributed by atoms with Crippen LogP contribution in [0, 0.1) is 0 Å². The summed E-state index contributed by atoms with van der Waals surface area (Å²) >= 11 is 6.58. The first kappa shape index (κ1) is 20.6. The first-order valence-electron chi connectivity index (χ1n) is 11.0. The zero-order valence-electron chi connectivity index (χ0n) is 17.6. The molecule has 5 rings (SSSR count). The van der Waals surface area contributed by atoms with E-state index in [1.165, 1.54) is 4.90 Å². The van der Waals surface area contributed by atoms with E-state index in [0.717, 1.165) is 44.1 Å². The number of nitrogens with zero attached hydrogens (tertiary/aromatic N) is 4. The Bertz CT molecular complexity index is 1030. The Kier molecular flexibility index (Phi) is 5.30. The van der Waals surface area contributed by atoms with Crippen molar-refractivity contribution in [2.45, 2.75) is 56.6 Å². The van der Waals surface area contributed by atoms with Crippen LogP contribution in [-0.2, 0) is 4.79 Å². The highest BCUT2D eigenvalue weighted by Crippen LogP contribution is 2.42. The Morgan fingerprint density at radius 3 is 2.58 bits per heavy atom. The average molecular weight is 447 g/mol. The summed E-state index contributed by atoms with van der Waals surface area (Å²) in [5.74, 6) is 0.693. The third-order valence-electron chi connectivity index (χ3n) is 6.77. The van der Waals surface area contributed by atoms with E-state index in [2.05, 4.69) is 4.98 Å². The van der Waals surface area contributed by atoms with Gasteiger partial charge in [0.25, 0.3) is 5.91 Å². The zero-order chi connectivity index (χ0) is 21.7. The van der Waals surface area contributed by atoms with Gasteiger partial charge in [-0.15, -0.1) is 0 Å². The average Bonchev–Trinajstić information content (AvgIpc) is 3.57. The van der Waals surface area contributed by atoms with Gasteiger partial charge >= 0.3 is 0 Å². The summed E-state index contributed by atoms with van der Waals surface area (Å²) in [6.07, 6.45) is 7.01. The minimum atomic E-state index is -0.337. The summed E-state index contributed by atoms with van der Waals surface area (Å²) in [6, 6.07) is 2.12. The summed E-state index contributed by atoms with van der Waals surface area (Å²) in [4.78, 5) is 33.9. The first-order chi connectivity index (χ1) is 15.0. The smallest absolute Gasteiger partial charge is 0.276 e. The minimum Gasteiger partial charge on any atom is -0.493 e. The predicted molar refractivity (Wildman–Crippen MR) is 115 cm³/mol. The van der Waals surface area contributed by atoms with Crippen LogP contribution in [0.3, 0.4) is 0 Å². The third-order valence-corrected chi connectivity index (χ3v) is 7.13. The number of amides is 2. The van der Waals surface area contributed by atoms with E-state index < -0.39 is 0 Å². The van der Waals surface area contributed by atoms with E-state index >= 15 is 0 Å². The molecule has 2 aromatic heterocycles. The highest BCUT2D eigenvalue weighted by atomic mass is 35.5. The van der Waals surface area contributed by atoms with E-state index in [1.54, 1.807) is 11.5 Å². The molecule has 0 aromatic carbocycles. The molecule has 1 saturated heterocycles. The number of carbonyl (C=O) groups is 2. The van der Waals surface area contributed by atoms with E-state index in [0.29, 0.717) is 30.4 Å². The van der Waals surface area contributed by atoms with Crippen molar-refractivity contribution in [1.29, 1.82) is 0 Å². The number of pyridine rings is 1. The number of aliphatic hydroxyl groups is 1. The second-order valence-electron chi connectivity index (χ2n) is 8.84. The van der Waals surface area contributed by atoms with Crippen molar-refractivity contribution < 1.29 is 19.4 Å². The van der Waals surface area contributed by atoms with Gasteiger partial charge in [-0.1, -0.05) is 11.6 Å². The van der Waals surface area contributed by atoms with Crippen LogP contribution in [0.2, 0.25) is 5.15 Å². The molecule has 3 heterocycles. The molecule has 1 aliphatic heterocycles. The number of rotatable bonds is 4. The first-order valence-corrected chi connectivity index (χ1v) is 11.4. The van der Waals surface area contributed by atoms with Crippen LogP contribution in [0.25, 0.3) is 5.65 Å². The Morgan fingerprint density at radius 2 is 1.94 bits per heavy atom. The number of aliphatic hydroxyl groups excluding tert-OH is 1. The third kappa shape index (κ3) is 3.76. The van der Waals surface area contributed by atoms with Gasteiger partial charge in [0.2, 0.25) is 5.91 Å². The Labute approximate surface area is 185 Å². The van der Waals surface area contributed by atoms with Gasteiger partial charge in [0.15, 0.2) is 17.1 Å². The molecule has 31 heavy (non-hydrogen) atoms. The standard InChI is InChI=1S/C22H27ClN4O4/c1-31-17-10-14(13-2-3-13)11-27-20(23)19(24-21(17)27)22(30)25-8-9-26(18(29)12-25)15-4-6-16(28)7-5-15/h10-11,13,15-16,28H,2-9,12H2,1H3. The van der Waals surface area contributed by atoms with Crippen LogP contribution in [0.5, 0.6) is 5.75 Å². The lowest BCUT2D eigenvalue weighted by Gasteiger charge is -2.41. The van der Waals surface area contributed by atoms with Crippen molar-refractivity contribution in [3.05, 3.63) is 28.7 Å². The molecule has 166 valence electrons.